The lowest BCUT2D eigenvalue weighted by Crippen LogP contribution is -2.45. The largest absolute Gasteiger partial charge is 0.493 e. The molecular weight excluding hydrogens is 564 g/mol. The second-order valence-corrected chi connectivity index (χ2v) is 9.41. The van der Waals surface area contributed by atoms with Crippen molar-refractivity contribution in [3.8, 4) is 17.2 Å². The average Bonchev–Trinajstić information content (AvgIpc) is 2.99. The van der Waals surface area contributed by atoms with E-state index in [2.05, 4.69) is 21.2 Å². The van der Waals surface area contributed by atoms with Gasteiger partial charge in [-0.05, 0) is 60.5 Å². The van der Waals surface area contributed by atoms with Gasteiger partial charge in [-0.25, -0.2) is 15.0 Å². The second-order valence-electron chi connectivity index (χ2n) is 9.00. The third-order valence-corrected chi connectivity index (χ3v) is 6.56. The lowest BCUT2D eigenvalue weighted by Gasteiger charge is -2.28. The number of allylic oxidation sites excluding steroid dienone is 1. The van der Waals surface area contributed by atoms with Crippen LogP contribution in [0.2, 0.25) is 5.02 Å². The highest BCUT2D eigenvalue weighted by atomic mass is 35.5. The van der Waals surface area contributed by atoms with E-state index in [1.807, 2.05) is 24.3 Å². The summed E-state index contributed by atoms with van der Waals surface area (Å²) in [7, 11) is 2.70. The maximum Gasteiger partial charge on any atom is 0.337 e. The molecule has 12 heteroatoms. The van der Waals surface area contributed by atoms with Gasteiger partial charge >= 0.3 is 12.0 Å². The monoisotopic (exact) mass is 592 g/mol. The zero-order valence-electron chi connectivity index (χ0n) is 23.1. The molecule has 3 aromatic carbocycles. The van der Waals surface area contributed by atoms with Gasteiger partial charge in [0.2, 0.25) is 0 Å². The van der Waals surface area contributed by atoms with Gasteiger partial charge in [0.25, 0.3) is 5.91 Å². The van der Waals surface area contributed by atoms with Gasteiger partial charge in [-0.15, -0.1) is 0 Å². The maximum atomic E-state index is 12.4. The van der Waals surface area contributed by atoms with Crippen LogP contribution in [0.15, 0.2) is 83.1 Å². The molecule has 4 rings (SSSR count). The number of nitrogens with one attached hydrogen (secondary N) is 3. The zero-order chi connectivity index (χ0) is 30.1. The highest BCUT2D eigenvalue weighted by molar-refractivity contribution is 6.31. The fourth-order valence-electron chi connectivity index (χ4n) is 4.09. The van der Waals surface area contributed by atoms with Crippen molar-refractivity contribution in [1.29, 1.82) is 0 Å². The van der Waals surface area contributed by atoms with E-state index in [-0.39, 0.29) is 17.9 Å². The Kier molecular flexibility index (Phi) is 10.0. The molecule has 1 heterocycles. The fourth-order valence-corrected chi connectivity index (χ4v) is 4.28. The van der Waals surface area contributed by atoms with E-state index in [1.165, 1.54) is 20.4 Å². The van der Waals surface area contributed by atoms with Crippen molar-refractivity contribution >= 4 is 35.7 Å². The van der Waals surface area contributed by atoms with Gasteiger partial charge in [-0.3, -0.25) is 4.79 Å². The van der Waals surface area contributed by atoms with Gasteiger partial charge in [0.1, 0.15) is 12.4 Å². The summed E-state index contributed by atoms with van der Waals surface area (Å²) in [5, 5.41) is 9.88. The molecule has 0 spiro atoms. The number of methoxy groups -OCH3 is 2. The van der Waals surface area contributed by atoms with E-state index >= 15 is 0 Å². The number of carbonyl (C=O) groups excluding carboxylic acids is 3. The second kappa shape index (κ2) is 14.0. The lowest BCUT2D eigenvalue weighted by atomic mass is 9.95. The number of hydrazone groups is 1. The highest BCUT2D eigenvalue weighted by Gasteiger charge is 2.32. The number of benzene rings is 3. The van der Waals surface area contributed by atoms with E-state index in [1.54, 1.807) is 49.4 Å². The van der Waals surface area contributed by atoms with Crippen LogP contribution in [-0.4, -0.2) is 44.9 Å². The number of esters is 1. The summed E-state index contributed by atoms with van der Waals surface area (Å²) in [6, 6.07) is 18.3. The van der Waals surface area contributed by atoms with Crippen LogP contribution in [0.1, 0.15) is 29.7 Å². The lowest BCUT2D eigenvalue weighted by molar-refractivity contribution is -0.136. The molecule has 3 N–H and O–H groups in total. The van der Waals surface area contributed by atoms with Gasteiger partial charge < -0.3 is 29.6 Å². The predicted octanol–water partition coefficient (Wildman–Crippen LogP) is 4.26. The standard InChI is InChI=1S/C30H29ClN4O7/c1-18-27(29(37)40-3)28(34-30(38)33-18)20-10-13-24(25(14-20)39-2)42-17-26(36)35-32-15-19-8-11-22(12-9-19)41-16-21-6-4-5-7-23(21)31/h4-15,28H,16-17H2,1-3H3,(H,35,36)(H2,33,34,38)/b32-15-/t28-/m1/s1. The van der Waals surface area contributed by atoms with Crippen LogP contribution in [0.3, 0.4) is 0 Å². The van der Waals surface area contributed by atoms with Crippen LogP contribution in [-0.2, 0) is 20.9 Å². The molecule has 3 amide bonds. The van der Waals surface area contributed by atoms with Crippen molar-refractivity contribution in [2.24, 2.45) is 5.10 Å². The number of halogens is 1. The third-order valence-electron chi connectivity index (χ3n) is 6.19. The van der Waals surface area contributed by atoms with E-state index in [9.17, 15) is 14.4 Å². The Morgan fingerprint density at radius 1 is 1.02 bits per heavy atom. The Morgan fingerprint density at radius 3 is 2.50 bits per heavy atom. The molecule has 0 saturated heterocycles. The first-order chi connectivity index (χ1) is 20.3. The highest BCUT2D eigenvalue weighted by Crippen LogP contribution is 2.34. The molecule has 0 radical (unpaired) electrons. The van der Waals surface area contributed by atoms with Crippen molar-refractivity contribution in [2.75, 3.05) is 20.8 Å². The summed E-state index contributed by atoms with van der Waals surface area (Å²) in [5.74, 6) is 0.178. The van der Waals surface area contributed by atoms with Gasteiger partial charge in [0.15, 0.2) is 18.1 Å². The van der Waals surface area contributed by atoms with Crippen LogP contribution in [0.25, 0.3) is 0 Å². The van der Waals surface area contributed by atoms with E-state index in [4.69, 9.17) is 30.5 Å². The summed E-state index contributed by atoms with van der Waals surface area (Å²) in [6.45, 7) is 1.62. The van der Waals surface area contributed by atoms with Crippen molar-refractivity contribution in [3.63, 3.8) is 0 Å². The Labute approximate surface area is 247 Å². The van der Waals surface area contributed by atoms with E-state index in [0.29, 0.717) is 34.4 Å². The number of hydrogen-bond acceptors (Lipinski definition) is 8. The minimum atomic E-state index is -0.769. The quantitative estimate of drug-likeness (QED) is 0.172. The number of urea groups is 1. The molecule has 1 aliphatic heterocycles. The third kappa shape index (κ3) is 7.58. The molecule has 0 fully saturated rings. The Balaban J connectivity index is 1.31. The Bertz CT molecular complexity index is 1520. The van der Waals surface area contributed by atoms with Gasteiger partial charge in [-0.2, -0.15) is 5.10 Å². The zero-order valence-corrected chi connectivity index (χ0v) is 23.9. The van der Waals surface area contributed by atoms with Crippen molar-refractivity contribution in [2.45, 2.75) is 19.6 Å². The van der Waals surface area contributed by atoms with Crippen molar-refractivity contribution < 1.29 is 33.3 Å². The first kappa shape index (κ1) is 29.9. The van der Waals surface area contributed by atoms with Gasteiger partial charge in [-0.1, -0.05) is 35.9 Å². The SMILES string of the molecule is COC(=O)C1=C(C)NC(=O)N[C@@H]1c1ccc(OCC(=O)N/N=C\c2ccc(OCc3ccccc3Cl)cc2)c(OC)c1. The predicted molar refractivity (Wildman–Crippen MR) is 156 cm³/mol. The summed E-state index contributed by atoms with van der Waals surface area (Å²) >= 11 is 6.16. The molecule has 1 atom stereocenters. The topological polar surface area (TPSA) is 137 Å². The molecule has 0 aliphatic carbocycles. The normalized spacial score (nSPS) is 14.6. The number of rotatable bonds is 11. The Hall–Kier alpha value is -5.03. The maximum absolute atomic E-state index is 12.4. The van der Waals surface area contributed by atoms with Crippen LogP contribution in [0, 0.1) is 0 Å². The number of hydrogen-bond donors (Lipinski definition) is 3. The first-order valence-electron chi connectivity index (χ1n) is 12.7. The first-order valence-corrected chi connectivity index (χ1v) is 13.1. The van der Waals surface area contributed by atoms with Crippen molar-refractivity contribution in [1.82, 2.24) is 16.1 Å². The molecule has 3 aromatic rings. The van der Waals surface area contributed by atoms with Crippen LogP contribution in [0.4, 0.5) is 4.79 Å². The number of carbonyl (C=O) groups is 3. The number of nitrogens with zero attached hydrogens (tertiary/aromatic N) is 1. The Morgan fingerprint density at radius 2 is 1.79 bits per heavy atom. The average molecular weight is 593 g/mol. The molecule has 42 heavy (non-hydrogen) atoms. The van der Waals surface area contributed by atoms with Crippen LogP contribution < -0.4 is 30.3 Å². The van der Waals surface area contributed by atoms with Crippen LogP contribution in [0.5, 0.6) is 17.2 Å². The molecule has 0 bridgehead atoms. The molecule has 0 aromatic heterocycles. The summed E-state index contributed by atoms with van der Waals surface area (Å²) < 4.78 is 21.7. The molecule has 1 aliphatic rings. The van der Waals surface area contributed by atoms with Crippen molar-refractivity contribution in [3.05, 3.63) is 99.7 Å². The fraction of sp³-hybridized carbons (Fsp3) is 0.200. The van der Waals surface area contributed by atoms with E-state index in [0.717, 1.165) is 11.1 Å². The van der Waals surface area contributed by atoms with Gasteiger partial charge in [0.05, 0.1) is 32.0 Å². The van der Waals surface area contributed by atoms with E-state index < -0.39 is 23.9 Å². The molecular formula is C30H29ClN4O7. The molecule has 11 nitrogen and oxygen atoms in total. The van der Waals surface area contributed by atoms with Gasteiger partial charge in [0, 0.05) is 16.3 Å². The summed E-state index contributed by atoms with van der Waals surface area (Å²) in [4.78, 5) is 36.7. The number of amides is 3. The molecule has 0 unspecified atom stereocenters. The smallest absolute Gasteiger partial charge is 0.337 e. The summed E-state index contributed by atoms with van der Waals surface area (Å²) in [5.41, 5.74) is 5.24. The molecule has 0 saturated carbocycles. The number of ether oxygens (including phenoxy) is 4. The minimum absolute atomic E-state index is 0.254. The van der Waals surface area contributed by atoms with Crippen LogP contribution >= 0.6 is 11.6 Å². The minimum Gasteiger partial charge on any atom is -0.493 e. The summed E-state index contributed by atoms with van der Waals surface area (Å²) in [6.07, 6.45) is 1.49. The molecule has 218 valence electrons.